The van der Waals surface area contributed by atoms with Crippen LogP contribution in [-0.2, 0) is 27.3 Å². The number of halogens is 1. The first-order valence-electron chi connectivity index (χ1n) is 22.6. The maximum absolute atomic E-state index is 13.6. The molecule has 11 heteroatoms. The average Bonchev–Trinajstić information content (AvgIpc) is 3.50. The van der Waals surface area contributed by atoms with Gasteiger partial charge in [0, 0.05) is 62.4 Å². The molecule has 8 rings (SSSR count). The van der Waals surface area contributed by atoms with Crippen LogP contribution in [0.2, 0.25) is 5.02 Å². The number of amides is 4. The molecule has 0 bridgehead atoms. The monoisotopic (exact) mass is 855 g/mol. The molecule has 2 aromatic carbocycles. The lowest BCUT2D eigenvalue weighted by atomic mass is 9.91. The minimum atomic E-state index is -0.594. The number of ether oxygens (including phenoxy) is 1. The fourth-order valence-corrected chi connectivity index (χ4v) is 10.7. The quantitative estimate of drug-likeness (QED) is 0.136. The predicted octanol–water partition coefficient (Wildman–Crippen LogP) is 8.71. The third-order valence-electron chi connectivity index (χ3n) is 13.8. The van der Waals surface area contributed by atoms with Crippen molar-refractivity contribution < 1.29 is 23.9 Å². The van der Waals surface area contributed by atoms with Gasteiger partial charge in [-0.15, -0.1) is 0 Å². The number of piperidine rings is 1. The topological polar surface area (TPSA) is 123 Å². The van der Waals surface area contributed by atoms with Crippen molar-refractivity contribution in [3.8, 4) is 11.8 Å². The standard InChI is InChI=1S/C51H58ClN5O5/c1-3-44-39(31-56(50(44)60)41-13-16-42(17-14-41)62-43-15-12-38(29-53)46(52)28-43)25-33(2)24-34-6-4-7-36(10-9-34)30-55-22-5-8-35(21-23-55)26-37-11-18-45-40(27-37)32-57(51(45)61)47-19-20-48(58)54-49(47)59/h3,8,11-12,15,18,24-25,27-28,36,41-42,47H,1,4-7,9-10,13-14,16-17,19-23,26,30-32H2,2H3,(H,54,58,59)/b33-25+,34-24-/t36?,41-,42-,47?. The number of rotatable bonds is 11. The van der Waals surface area contributed by atoms with Gasteiger partial charge < -0.3 is 19.4 Å². The molecule has 0 spiro atoms. The summed E-state index contributed by atoms with van der Waals surface area (Å²) in [7, 11) is 0. The van der Waals surface area contributed by atoms with Gasteiger partial charge in [-0.05, 0) is 131 Å². The van der Waals surface area contributed by atoms with E-state index in [4.69, 9.17) is 16.3 Å². The Kier molecular flexibility index (Phi) is 13.6. The highest BCUT2D eigenvalue weighted by Crippen LogP contribution is 2.35. The van der Waals surface area contributed by atoms with Gasteiger partial charge in [-0.1, -0.05) is 71.3 Å². The molecule has 6 aliphatic rings. The number of nitrogens with one attached hydrogen (secondary N) is 1. The summed E-state index contributed by atoms with van der Waals surface area (Å²) < 4.78 is 6.21. The van der Waals surface area contributed by atoms with E-state index in [2.05, 4.69) is 60.1 Å². The number of carbonyl (C=O) groups excluding carboxylic acids is 4. The number of benzene rings is 2. The SMILES string of the molecule is C=CC1=C(/C=C(C)/C=C2/CCCC(CN3CCC=C(Cc4ccc5c(c4)CN(C4CCC(=O)NC4=O)C5=O)CC3)CC2)CN([C@H]2CC[C@H](Oc3ccc(C#N)c(Cl)c3)CC2)C1=O. The molecule has 0 aromatic heterocycles. The van der Waals surface area contributed by atoms with Gasteiger partial charge in [-0.2, -0.15) is 5.26 Å². The molecule has 2 saturated carbocycles. The molecule has 2 aromatic rings. The summed E-state index contributed by atoms with van der Waals surface area (Å²) in [6, 6.07) is 13.0. The van der Waals surface area contributed by atoms with E-state index in [1.165, 1.54) is 41.5 Å². The Bertz CT molecular complexity index is 2290. The Labute approximate surface area is 371 Å². The van der Waals surface area contributed by atoms with E-state index in [1.807, 2.05) is 11.0 Å². The summed E-state index contributed by atoms with van der Waals surface area (Å²) in [5.74, 6) is 0.642. The summed E-state index contributed by atoms with van der Waals surface area (Å²) in [4.78, 5) is 57.2. The van der Waals surface area contributed by atoms with Crippen LogP contribution in [0.3, 0.4) is 0 Å². The van der Waals surface area contributed by atoms with Crippen molar-refractivity contribution in [2.45, 2.75) is 122 Å². The average molecular weight is 857 g/mol. The molecule has 4 amide bonds. The summed E-state index contributed by atoms with van der Waals surface area (Å²) in [6.07, 6.45) is 21.6. The molecule has 2 atom stereocenters. The molecule has 62 heavy (non-hydrogen) atoms. The Hall–Kier alpha value is -5.24. The zero-order valence-electron chi connectivity index (χ0n) is 35.9. The third kappa shape index (κ3) is 10.0. The number of imide groups is 1. The molecule has 1 saturated heterocycles. The molecular formula is C51H58ClN5O5. The van der Waals surface area contributed by atoms with E-state index in [-0.39, 0.29) is 42.2 Å². The number of fused-ring (bicyclic) bond motifs is 1. The highest BCUT2D eigenvalue weighted by atomic mass is 35.5. The number of hydrogen-bond acceptors (Lipinski definition) is 7. The molecule has 0 radical (unpaired) electrons. The zero-order valence-corrected chi connectivity index (χ0v) is 36.7. The van der Waals surface area contributed by atoms with Crippen LogP contribution in [-0.4, -0.2) is 82.7 Å². The first kappa shape index (κ1) is 43.4. The molecule has 3 fully saturated rings. The first-order chi connectivity index (χ1) is 30.0. The van der Waals surface area contributed by atoms with Crippen LogP contribution in [0.5, 0.6) is 5.75 Å². The Morgan fingerprint density at radius 3 is 2.55 bits per heavy atom. The number of carbonyl (C=O) groups is 4. The van der Waals surface area contributed by atoms with Crippen LogP contribution in [0, 0.1) is 17.2 Å². The smallest absolute Gasteiger partial charge is 0.255 e. The molecule has 4 aliphatic heterocycles. The second-order valence-corrected chi connectivity index (χ2v) is 18.5. The highest BCUT2D eigenvalue weighted by Gasteiger charge is 2.39. The van der Waals surface area contributed by atoms with Gasteiger partial charge >= 0.3 is 0 Å². The summed E-state index contributed by atoms with van der Waals surface area (Å²) in [5, 5.41) is 12.0. The fraction of sp³-hybridized carbons (Fsp3) is 0.471. The van der Waals surface area contributed by atoms with Crippen molar-refractivity contribution in [2.24, 2.45) is 5.92 Å². The van der Waals surface area contributed by atoms with E-state index < -0.39 is 6.04 Å². The van der Waals surface area contributed by atoms with Gasteiger partial charge in [0.15, 0.2) is 0 Å². The molecule has 4 heterocycles. The normalized spacial score (nSPS) is 25.9. The Balaban J connectivity index is 0.788. The lowest BCUT2D eigenvalue weighted by Gasteiger charge is -2.35. The molecule has 10 nitrogen and oxygen atoms in total. The van der Waals surface area contributed by atoms with Crippen molar-refractivity contribution in [2.75, 3.05) is 26.2 Å². The summed E-state index contributed by atoms with van der Waals surface area (Å²) in [5.41, 5.74) is 9.15. The third-order valence-corrected chi connectivity index (χ3v) is 14.1. The van der Waals surface area contributed by atoms with E-state index in [0.717, 1.165) is 88.6 Å². The van der Waals surface area contributed by atoms with Gasteiger partial charge in [0.05, 0.1) is 16.7 Å². The maximum Gasteiger partial charge on any atom is 0.255 e. The minimum Gasteiger partial charge on any atom is -0.490 e. The van der Waals surface area contributed by atoms with Crippen LogP contribution < -0.4 is 10.1 Å². The molecule has 1 N–H and O–H groups in total. The summed E-state index contributed by atoms with van der Waals surface area (Å²) >= 11 is 6.22. The van der Waals surface area contributed by atoms with Crippen molar-refractivity contribution in [1.82, 2.24) is 20.0 Å². The van der Waals surface area contributed by atoms with Crippen molar-refractivity contribution in [3.63, 3.8) is 0 Å². The Morgan fingerprint density at radius 1 is 0.935 bits per heavy atom. The zero-order chi connectivity index (χ0) is 43.3. The van der Waals surface area contributed by atoms with Crippen LogP contribution in [0.15, 0.2) is 95.1 Å². The van der Waals surface area contributed by atoms with Crippen LogP contribution in [0.4, 0.5) is 0 Å². The van der Waals surface area contributed by atoms with Crippen molar-refractivity contribution in [1.29, 1.82) is 5.26 Å². The van der Waals surface area contributed by atoms with Gasteiger partial charge in [0.25, 0.3) is 11.8 Å². The second kappa shape index (κ2) is 19.4. The molecule has 2 aliphatic carbocycles. The van der Waals surface area contributed by atoms with E-state index in [1.54, 1.807) is 29.2 Å². The van der Waals surface area contributed by atoms with Crippen LogP contribution >= 0.6 is 11.6 Å². The largest absolute Gasteiger partial charge is 0.490 e. The van der Waals surface area contributed by atoms with Crippen molar-refractivity contribution in [3.05, 3.63) is 122 Å². The van der Waals surface area contributed by atoms with E-state index >= 15 is 0 Å². The highest BCUT2D eigenvalue weighted by molar-refractivity contribution is 6.31. The predicted molar refractivity (Wildman–Crippen MR) is 240 cm³/mol. The lowest BCUT2D eigenvalue weighted by Crippen LogP contribution is -2.52. The van der Waals surface area contributed by atoms with Crippen LogP contribution in [0.1, 0.15) is 117 Å². The maximum atomic E-state index is 13.6. The van der Waals surface area contributed by atoms with E-state index in [0.29, 0.717) is 52.9 Å². The summed E-state index contributed by atoms with van der Waals surface area (Å²) in [6.45, 7) is 10.4. The van der Waals surface area contributed by atoms with Gasteiger partial charge in [0.1, 0.15) is 17.9 Å². The number of nitriles is 1. The number of allylic oxidation sites excluding steroid dienone is 3. The second-order valence-electron chi connectivity index (χ2n) is 18.1. The Morgan fingerprint density at radius 2 is 1.77 bits per heavy atom. The van der Waals surface area contributed by atoms with E-state index in [9.17, 15) is 24.4 Å². The van der Waals surface area contributed by atoms with Crippen LogP contribution in [0.25, 0.3) is 0 Å². The first-order valence-corrected chi connectivity index (χ1v) is 23.0. The van der Waals surface area contributed by atoms with Gasteiger partial charge in [-0.25, -0.2) is 0 Å². The van der Waals surface area contributed by atoms with Gasteiger partial charge in [-0.3, -0.25) is 24.5 Å². The number of hydrogen-bond donors (Lipinski definition) is 1. The number of nitrogens with zero attached hydrogens (tertiary/aromatic N) is 4. The minimum absolute atomic E-state index is 0.0499. The van der Waals surface area contributed by atoms with Crippen molar-refractivity contribution >= 4 is 35.2 Å². The molecular weight excluding hydrogens is 798 g/mol. The fourth-order valence-electron chi connectivity index (χ4n) is 10.5. The molecule has 324 valence electrons. The molecule has 2 unspecified atom stereocenters. The van der Waals surface area contributed by atoms with Gasteiger partial charge in [0.2, 0.25) is 11.8 Å². The lowest BCUT2D eigenvalue weighted by molar-refractivity contribution is -0.137.